The summed E-state index contributed by atoms with van der Waals surface area (Å²) >= 11 is 0. The second kappa shape index (κ2) is 7.29. The van der Waals surface area contributed by atoms with Gasteiger partial charge in [0.25, 0.3) is 10.0 Å². The zero-order valence-electron chi connectivity index (χ0n) is 13.1. The Morgan fingerprint density at radius 3 is 2.22 bits per heavy atom. The molecule has 0 aliphatic carbocycles. The van der Waals surface area contributed by atoms with Crippen LogP contribution in [-0.4, -0.2) is 21.4 Å². The minimum atomic E-state index is -5.21. The van der Waals surface area contributed by atoms with Crippen molar-refractivity contribution in [1.29, 1.82) is 0 Å². The Morgan fingerprint density at radius 2 is 1.63 bits per heavy atom. The van der Waals surface area contributed by atoms with Crippen molar-refractivity contribution in [3.63, 3.8) is 0 Å². The van der Waals surface area contributed by atoms with Crippen molar-refractivity contribution < 1.29 is 39.0 Å². The van der Waals surface area contributed by atoms with Crippen molar-refractivity contribution >= 4 is 31.9 Å². The van der Waals surface area contributed by atoms with Gasteiger partial charge in [-0.2, -0.15) is 13.2 Å². The minimum absolute atomic E-state index is 0.322. The third kappa shape index (κ3) is 5.52. The van der Waals surface area contributed by atoms with Gasteiger partial charge in [0.15, 0.2) is 0 Å². The van der Waals surface area contributed by atoms with Crippen molar-refractivity contribution in [2.75, 3.05) is 4.72 Å². The van der Waals surface area contributed by atoms with Crippen LogP contribution in [0.3, 0.4) is 0 Å². The SMILES string of the molecule is O=S(=O)(/C=C/c1ccccc1C(F)(F)F)Nc1ccc(F)cc1S(=O)(=O)[O-]. The van der Waals surface area contributed by atoms with E-state index in [-0.39, 0.29) is 0 Å². The Morgan fingerprint density at radius 1 is 1.00 bits per heavy atom. The summed E-state index contributed by atoms with van der Waals surface area (Å²) in [5, 5.41) is 0.363. The number of hydrogen-bond acceptors (Lipinski definition) is 5. The summed E-state index contributed by atoms with van der Waals surface area (Å²) < 4.78 is 111. The van der Waals surface area contributed by atoms with Crippen LogP contribution in [0.5, 0.6) is 0 Å². The smallest absolute Gasteiger partial charge is 0.416 e. The molecule has 0 amide bonds. The molecule has 1 N–H and O–H groups in total. The number of anilines is 1. The number of hydrogen-bond donors (Lipinski definition) is 1. The van der Waals surface area contributed by atoms with Crippen molar-refractivity contribution in [3.05, 3.63) is 64.8 Å². The van der Waals surface area contributed by atoms with E-state index in [1.165, 1.54) is 6.07 Å². The van der Waals surface area contributed by atoms with Crippen molar-refractivity contribution in [3.8, 4) is 0 Å². The lowest BCUT2D eigenvalue weighted by atomic mass is 10.1. The van der Waals surface area contributed by atoms with E-state index >= 15 is 0 Å². The van der Waals surface area contributed by atoms with Crippen LogP contribution in [0.2, 0.25) is 0 Å². The fourth-order valence-corrected chi connectivity index (χ4v) is 3.63. The summed E-state index contributed by atoms with van der Waals surface area (Å²) in [4.78, 5) is -1.16. The molecule has 0 fully saturated rings. The van der Waals surface area contributed by atoms with E-state index in [2.05, 4.69) is 0 Å². The Kier molecular flexibility index (Phi) is 5.63. The standard InChI is InChI=1S/C15H11F4NO5S2/c16-11-5-6-13(14(9-11)27(23,24)25)20-26(21,22)8-7-10-3-1-2-4-12(10)15(17,18)19/h1-9,20H,(H,23,24,25)/p-1/b8-7+. The number of sulfonamides is 1. The van der Waals surface area contributed by atoms with Crippen LogP contribution in [0.25, 0.3) is 6.08 Å². The molecular weight excluding hydrogens is 414 g/mol. The molecule has 0 spiro atoms. The van der Waals surface area contributed by atoms with Crippen LogP contribution >= 0.6 is 0 Å². The van der Waals surface area contributed by atoms with E-state index in [1.807, 2.05) is 0 Å². The maximum atomic E-state index is 13.1. The highest BCUT2D eigenvalue weighted by molar-refractivity contribution is 7.95. The Labute approximate surface area is 151 Å². The van der Waals surface area contributed by atoms with Gasteiger partial charge >= 0.3 is 6.18 Å². The maximum Gasteiger partial charge on any atom is 0.416 e. The summed E-state index contributed by atoms with van der Waals surface area (Å²) in [6, 6.07) is 5.89. The second-order valence-electron chi connectivity index (χ2n) is 5.13. The zero-order valence-corrected chi connectivity index (χ0v) is 14.7. The third-order valence-corrected chi connectivity index (χ3v) is 5.03. The van der Waals surface area contributed by atoms with Gasteiger partial charge in [-0.3, -0.25) is 4.72 Å². The summed E-state index contributed by atoms with van der Waals surface area (Å²) in [7, 11) is -9.73. The fraction of sp³-hybridized carbons (Fsp3) is 0.0667. The van der Waals surface area contributed by atoms with Gasteiger partial charge in [-0.15, -0.1) is 0 Å². The molecule has 0 bridgehead atoms. The normalized spacial score (nSPS) is 13.1. The maximum absolute atomic E-state index is 13.1. The van der Waals surface area contributed by atoms with Crippen LogP contribution in [0.4, 0.5) is 23.2 Å². The molecule has 146 valence electrons. The second-order valence-corrected chi connectivity index (χ2v) is 8.04. The molecule has 27 heavy (non-hydrogen) atoms. The highest BCUT2D eigenvalue weighted by Gasteiger charge is 2.32. The first kappa shape index (κ1) is 20.9. The van der Waals surface area contributed by atoms with E-state index < -0.39 is 53.8 Å². The molecule has 0 radical (unpaired) electrons. The van der Waals surface area contributed by atoms with Gasteiger partial charge < -0.3 is 4.55 Å². The molecule has 2 aromatic carbocycles. The van der Waals surface area contributed by atoms with Crippen LogP contribution in [0, 0.1) is 5.82 Å². The molecule has 0 unspecified atom stereocenters. The molecule has 0 heterocycles. The van der Waals surface area contributed by atoms with Gasteiger partial charge in [-0.25, -0.2) is 21.2 Å². The van der Waals surface area contributed by atoms with Crippen LogP contribution in [-0.2, 0) is 26.3 Å². The van der Waals surface area contributed by atoms with Crippen LogP contribution < -0.4 is 4.72 Å². The summed E-state index contributed by atoms with van der Waals surface area (Å²) in [6.45, 7) is 0. The molecule has 6 nitrogen and oxygen atoms in total. The molecule has 0 aliphatic heterocycles. The lowest BCUT2D eigenvalue weighted by molar-refractivity contribution is -0.137. The fourth-order valence-electron chi connectivity index (χ4n) is 2.04. The summed E-state index contributed by atoms with van der Waals surface area (Å²) in [5.74, 6) is -1.10. The van der Waals surface area contributed by atoms with Crippen molar-refractivity contribution in [2.24, 2.45) is 0 Å². The lowest BCUT2D eigenvalue weighted by Gasteiger charge is -2.14. The van der Waals surface area contributed by atoms with Gasteiger partial charge in [-0.1, -0.05) is 18.2 Å². The van der Waals surface area contributed by atoms with E-state index in [1.54, 1.807) is 4.72 Å². The Balaban J connectivity index is 2.39. The minimum Gasteiger partial charge on any atom is -0.744 e. The van der Waals surface area contributed by atoms with Gasteiger partial charge in [-0.05, 0) is 35.9 Å². The van der Waals surface area contributed by atoms with Gasteiger partial charge in [0.05, 0.1) is 21.6 Å². The molecule has 2 aromatic rings. The molecule has 0 aliphatic rings. The predicted molar refractivity (Wildman–Crippen MR) is 87.4 cm³/mol. The topological polar surface area (TPSA) is 103 Å². The average Bonchev–Trinajstić information content (AvgIpc) is 2.53. The zero-order chi connectivity index (χ0) is 20.5. The molecular formula is C15H10F4NO5S2-. The molecule has 0 saturated carbocycles. The number of benzene rings is 2. The van der Waals surface area contributed by atoms with Gasteiger partial charge in [0.2, 0.25) is 0 Å². The average molecular weight is 424 g/mol. The van der Waals surface area contributed by atoms with E-state index in [0.717, 1.165) is 18.2 Å². The molecule has 0 saturated heterocycles. The third-order valence-electron chi connectivity index (χ3n) is 3.16. The Bertz CT molecular complexity index is 1090. The number of alkyl halides is 3. The summed E-state index contributed by atoms with van der Waals surface area (Å²) in [5.41, 5.74) is -2.27. The predicted octanol–water partition coefficient (Wildman–Crippen LogP) is 3.16. The molecule has 0 atom stereocenters. The first-order valence-electron chi connectivity index (χ1n) is 6.92. The molecule has 12 heteroatoms. The number of rotatable bonds is 5. The monoisotopic (exact) mass is 424 g/mol. The molecule has 2 rings (SSSR count). The van der Waals surface area contributed by atoms with Crippen LogP contribution in [0.1, 0.15) is 11.1 Å². The van der Waals surface area contributed by atoms with E-state index in [0.29, 0.717) is 29.7 Å². The van der Waals surface area contributed by atoms with Crippen molar-refractivity contribution in [1.82, 2.24) is 0 Å². The van der Waals surface area contributed by atoms with Gasteiger partial charge in [0, 0.05) is 0 Å². The molecule has 0 aromatic heterocycles. The largest absolute Gasteiger partial charge is 0.744 e. The number of nitrogens with one attached hydrogen (secondary N) is 1. The lowest BCUT2D eigenvalue weighted by Crippen LogP contribution is -2.13. The first-order chi connectivity index (χ1) is 12.3. The Hall–Kier alpha value is -2.44. The van der Waals surface area contributed by atoms with E-state index in [4.69, 9.17) is 0 Å². The summed E-state index contributed by atoms with van der Waals surface area (Å²) in [6.07, 6.45) is -4.07. The van der Waals surface area contributed by atoms with E-state index in [9.17, 15) is 39.0 Å². The first-order valence-corrected chi connectivity index (χ1v) is 9.88. The van der Waals surface area contributed by atoms with Crippen LogP contribution in [0.15, 0.2) is 52.8 Å². The van der Waals surface area contributed by atoms with Gasteiger partial charge in [0.1, 0.15) is 15.9 Å². The highest BCUT2D eigenvalue weighted by Crippen LogP contribution is 2.32. The quantitative estimate of drug-likeness (QED) is 0.587. The van der Waals surface area contributed by atoms with Crippen molar-refractivity contribution in [2.45, 2.75) is 11.1 Å². The highest BCUT2D eigenvalue weighted by atomic mass is 32.2. The number of halogens is 4.